The Balaban J connectivity index is 1.94. The fourth-order valence-electron chi connectivity index (χ4n) is 1.57. The molecule has 0 aliphatic heterocycles. The first kappa shape index (κ1) is 15.5. The topological polar surface area (TPSA) is 75.3 Å². The van der Waals surface area contributed by atoms with Crippen LogP contribution < -0.4 is 11.1 Å². The van der Waals surface area contributed by atoms with Gasteiger partial charge >= 0.3 is 0 Å². The molecule has 2 aromatic rings. The molecule has 1 heterocycles. The molecule has 1 unspecified atom stereocenters. The van der Waals surface area contributed by atoms with Gasteiger partial charge in [-0.3, -0.25) is 4.79 Å². The number of aliphatic hydroxyl groups is 1. The number of carbonyl (C=O) groups excluding carboxylic acids is 1. The van der Waals surface area contributed by atoms with Gasteiger partial charge in [-0.25, -0.2) is 0 Å². The first-order valence-corrected chi connectivity index (χ1v) is 8.14. The van der Waals surface area contributed by atoms with Gasteiger partial charge in [0, 0.05) is 16.7 Å². The van der Waals surface area contributed by atoms with Gasteiger partial charge in [-0.05, 0) is 55.6 Å². The molecule has 0 saturated heterocycles. The maximum absolute atomic E-state index is 11.9. The van der Waals surface area contributed by atoms with E-state index in [1.165, 1.54) is 11.3 Å². The summed E-state index contributed by atoms with van der Waals surface area (Å²) in [7, 11) is 0. The monoisotopic (exact) mass is 418 g/mol. The van der Waals surface area contributed by atoms with Gasteiger partial charge in [-0.15, -0.1) is 11.3 Å². The molecule has 106 valence electrons. The van der Waals surface area contributed by atoms with Crippen LogP contribution in [0.2, 0.25) is 0 Å². The second-order valence-corrected chi connectivity index (χ2v) is 7.35. The smallest absolute Gasteiger partial charge is 0.261 e. The number of aliphatic hydroxyl groups excluding tert-OH is 1. The molecule has 0 bridgehead atoms. The van der Waals surface area contributed by atoms with E-state index < -0.39 is 6.10 Å². The Hall–Kier alpha value is -0.890. The summed E-state index contributed by atoms with van der Waals surface area (Å²) in [6, 6.07) is 8.65. The number of nitrogens with two attached hydrogens (primary N) is 1. The van der Waals surface area contributed by atoms with Crippen LogP contribution in [0.15, 0.2) is 38.6 Å². The molecule has 20 heavy (non-hydrogen) atoms. The van der Waals surface area contributed by atoms with Crippen molar-refractivity contribution in [3.05, 3.63) is 49.0 Å². The van der Waals surface area contributed by atoms with E-state index in [-0.39, 0.29) is 12.5 Å². The maximum Gasteiger partial charge on any atom is 0.261 e. The third-order valence-corrected chi connectivity index (χ3v) is 5.90. The highest BCUT2D eigenvalue weighted by Gasteiger charge is 2.14. The third kappa shape index (κ3) is 3.82. The van der Waals surface area contributed by atoms with Crippen molar-refractivity contribution in [1.82, 2.24) is 5.32 Å². The van der Waals surface area contributed by atoms with Crippen LogP contribution in [0.5, 0.6) is 0 Å². The van der Waals surface area contributed by atoms with Gasteiger partial charge in [0.15, 0.2) is 0 Å². The summed E-state index contributed by atoms with van der Waals surface area (Å²) in [6.07, 6.45) is -0.758. The molecular weight excluding hydrogens is 408 g/mol. The van der Waals surface area contributed by atoms with E-state index in [9.17, 15) is 9.90 Å². The average molecular weight is 420 g/mol. The molecule has 0 fully saturated rings. The minimum atomic E-state index is -0.758. The molecule has 4 N–H and O–H groups in total. The number of thiophene rings is 1. The highest BCUT2D eigenvalue weighted by atomic mass is 79.9. The Labute approximate surface area is 137 Å². The lowest BCUT2D eigenvalue weighted by Crippen LogP contribution is -2.27. The normalized spacial score (nSPS) is 12.2. The lowest BCUT2D eigenvalue weighted by atomic mass is 10.1. The number of amides is 1. The largest absolute Gasteiger partial charge is 0.399 e. The van der Waals surface area contributed by atoms with Crippen LogP contribution >= 0.6 is 43.2 Å². The van der Waals surface area contributed by atoms with Crippen LogP contribution in [-0.4, -0.2) is 17.6 Å². The summed E-state index contributed by atoms with van der Waals surface area (Å²) < 4.78 is 1.70. The zero-order valence-corrected chi connectivity index (χ0v) is 14.3. The van der Waals surface area contributed by atoms with Crippen molar-refractivity contribution in [1.29, 1.82) is 0 Å². The fraction of sp³-hybridized carbons (Fsp3) is 0.154. The van der Waals surface area contributed by atoms with E-state index in [2.05, 4.69) is 37.2 Å². The van der Waals surface area contributed by atoms with Crippen molar-refractivity contribution in [2.24, 2.45) is 0 Å². The minimum absolute atomic E-state index is 0.149. The van der Waals surface area contributed by atoms with Gasteiger partial charge in [0.2, 0.25) is 0 Å². The maximum atomic E-state index is 11.9. The Morgan fingerprint density at radius 2 is 2.00 bits per heavy atom. The van der Waals surface area contributed by atoms with Crippen molar-refractivity contribution in [2.75, 3.05) is 12.3 Å². The fourth-order valence-corrected chi connectivity index (χ4v) is 3.52. The average Bonchev–Trinajstić information content (AvgIpc) is 2.76. The Morgan fingerprint density at radius 1 is 1.35 bits per heavy atom. The van der Waals surface area contributed by atoms with Crippen LogP contribution in [0.3, 0.4) is 0 Å². The van der Waals surface area contributed by atoms with Gasteiger partial charge < -0.3 is 16.2 Å². The molecule has 0 saturated carbocycles. The Kier molecular flexibility index (Phi) is 5.20. The standard InChI is InChI=1S/C13H12Br2N2O2S/c14-9-5-11(20-12(9)15)13(19)17-6-10(18)7-1-3-8(16)4-2-7/h1-5,10,18H,6,16H2,(H,17,19). The Bertz CT molecular complexity index is 594. The van der Waals surface area contributed by atoms with Gasteiger partial charge in [-0.1, -0.05) is 12.1 Å². The second kappa shape index (κ2) is 6.71. The molecule has 1 aromatic carbocycles. The summed E-state index contributed by atoms with van der Waals surface area (Å²) in [6.45, 7) is 0.149. The number of anilines is 1. The van der Waals surface area contributed by atoms with Gasteiger partial charge in [0.05, 0.1) is 14.8 Å². The molecule has 1 atom stereocenters. The molecule has 0 radical (unpaired) electrons. The van der Waals surface area contributed by atoms with Crippen LogP contribution in [0.4, 0.5) is 5.69 Å². The van der Waals surface area contributed by atoms with Crippen LogP contribution in [0.25, 0.3) is 0 Å². The lowest BCUT2D eigenvalue weighted by Gasteiger charge is -2.12. The summed E-state index contributed by atoms with van der Waals surface area (Å²) >= 11 is 8.00. The summed E-state index contributed by atoms with van der Waals surface area (Å²) in [5, 5.41) is 12.7. The van der Waals surface area contributed by atoms with Crippen molar-refractivity contribution in [3.8, 4) is 0 Å². The zero-order valence-electron chi connectivity index (χ0n) is 10.3. The van der Waals surface area contributed by atoms with Crippen molar-refractivity contribution < 1.29 is 9.90 Å². The number of rotatable bonds is 4. The number of benzene rings is 1. The molecule has 7 heteroatoms. The summed E-state index contributed by atoms with van der Waals surface area (Å²) in [4.78, 5) is 12.5. The van der Waals surface area contributed by atoms with E-state index in [1.807, 2.05) is 0 Å². The summed E-state index contributed by atoms with van der Waals surface area (Å²) in [5.74, 6) is -0.212. The minimum Gasteiger partial charge on any atom is -0.399 e. The van der Waals surface area contributed by atoms with Crippen molar-refractivity contribution >= 4 is 54.8 Å². The van der Waals surface area contributed by atoms with E-state index >= 15 is 0 Å². The number of hydrogen-bond acceptors (Lipinski definition) is 4. The zero-order chi connectivity index (χ0) is 14.7. The number of nitrogen functional groups attached to an aromatic ring is 1. The van der Waals surface area contributed by atoms with E-state index in [0.29, 0.717) is 16.1 Å². The van der Waals surface area contributed by atoms with Gasteiger partial charge in [0.1, 0.15) is 0 Å². The molecule has 1 amide bonds. The summed E-state index contributed by atoms with van der Waals surface area (Å²) in [5.41, 5.74) is 6.94. The molecule has 2 rings (SSSR count). The predicted octanol–water partition coefficient (Wildman–Crippen LogP) is 3.32. The van der Waals surface area contributed by atoms with E-state index in [4.69, 9.17) is 5.73 Å². The van der Waals surface area contributed by atoms with Crippen LogP contribution in [-0.2, 0) is 0 Å². The molecule has 0 aliphatic carbocycles. The number of nitrogens with one attached hydrogen (secondary N) is 1. The first-order chi connectivity index (χ1) is 9.47. The van der Waals surface area contributed by atoms with Crippen LogP contribution in [0, 0.1) is 0 Å². The van der Waals surface area contributed by atoms with Gasteiger partial charge in [0.25, 0.3) is 5.91 Å². The molecular formula is C13H12Br2N2O2S. The predicted molar refractivity (Wildman–Crippen MR) is 87.9 cm³/mol. The molecule has 0 spiro atoms. The van der Waals surface area contributed by atoms with E-state index in [1.54, 1.807) is 30.3 Å². The molecule has 0 aliphatic rings. The van der Waals surface area contributed by atoms with Crippen molar-refractivity contribution in [3.63, 3.8) is 0 Å². The number of hydrogen-bond donors (Lipinski definition) is 3. The highest BCUT2D eigenvalue weighted by molar-refractivity contribution is 9.13. The molecule has 1 aromatic heterocycles. The Morgan fingerprint density at radius 3 is 2.55 bits per heavy atom. The SMILES string of the molecule is Nc1ccc(C(O)CNC(=O)c2cc(Br)c(Br)s2)cc1. The lowest BCUT2D eigenvalue weighted by molar-refractivity contribution is 0.0920. The van der Waals surface area contributed by atoms with Crippen molar-refractivity contribution in [2.45, 2.75) is 6.10 Å². The highest BCUT2D eigenvalue weighted by Crippen LogP contribution is 2.32. The quantitative estimate of drug-likeness (QED) is 0.665. The van der Waals surface area contributed by atoms with E-state index in [0.717, 1.165) is 8.26 Å². The first-order valence-electron chi connectivity index (χ1n) is 5.74. The molecule has 4 nitrogen and oxygen atoms in total. The number of halogens is 2. The number of carbonyl (C=O) groups is 1. The second-order valence-electron chi connectivity index (χ2n) is 4.12. The van der Waals surface area contributed by atoms with Gasteiger partial charge in [-0.2, -0.15) is 0 Å². The van der Waals surface area contributed by atoms with Crippen LogP contribution in [0.1, 0.15) is 21.3 Å². The third-order valence-electron chi connectivity index (χ3n) is 2.65.